The van der Waals surface area contributed by atoms with Gasteiger partial charge in [0.25, 0.3) is 0 Å². The summed E-state index contributed by atoms with van der Waals surface area (Å²) in [7, 11) is 0. The second-order valence-electron chi connectivity index (χ2n) is 6.96. The number of nitrogens with zero attached hydrogens (tertiary/aromatic N) is 5. The van der Waals surface area contributed by atoms with Gasteiger partial charge in [-0.2, -0.15) is 5.10 Å². The summed E-state index contributed by atoms with van der Waals surface area (Å²) < 4.78 is 17.5. The van der Waals surface area contributed by atoms with Crippen LogP contribution in [-0.4, -0.2) is 48.0 Å². The standard InChI is InChI=1S/C19H22FN5O/c20-17-2-3-18(25-8-1-6-22-25)16(12-17)13-23-9-4-19(26,5-10-23)14-24-11-7-21-15-24/h1-3,6-8,11-12,15,26H,4-5,9-10,13-14H2. The highest BCUT2D eigenvalue weighted by atomic mass is 19.1. The summed E-state index contributed by atoms with van der Waals surface area (Å²) in [5.74, 6) is -0.246. The van der Waals surface area contributed by atoms with E-state index in [0.29, 0.717) is 25.9 Å². The highest BCUT2D eigenvalue weighted by Crippen LogP contribution is 2.26. The Bertz CT molecular complexity index is 839. The Balaban J connectivity index is 1.44. The minimum atomic E-state index is -0.718. The minimum Gasteiger partial charge on any atom is -0.388 e. The van der Waals surface area contributed by atoms with Crippen LogP contribution in [0.4, 0.5) is 4.39 Å². The molecule has 1 N–H and O–H groups in total. The van der Waals surface area contributed by atoms with E-state index in [1.54, 1.807) is 35.5 Å². The lowest BCUT2D eigenvalue weighted by Gasteiger charge is -2.38. The van der Waals surface area contributed by atoms with E-state index in [4.69, 9.17) is 0 Å². The summed E-state index contributed by atoms with van der Waals surface area (Å²) in [6.07, 6.45) is 10.2. The van der Waals surface area contributed by atoms with Gasteiger partial charge < -0.3 is 9.67 Å². The molecule has 6 nitrogen and oxygen atoms in total. The zero-order valence-electron chi connectivity index (χ0n) is 14.5. The van der Waals surface area contributed by atoms with Gasteiger partial charge in [0.1, 0.15) is 5.82 Å². The van der Waals surface area contributed by atoms with Crippen molar-refractivity contribution in [2.75, 3.05) is 13.1 Å². The number of rotatable bonds is 5. The molecule has 2 aromatic heterocycles. The maximum atomic E-state index is 13.8. The molecule has 1 fully saturated rings. The lowest BCUT2D eigenvalue weighted by Crippen LogP contribution is -2.46. The number of hydrogen-bond donors (Lipinski definition) is 1. The Labute approximate surface area is 151 Å². The number of halogens is 1. The molecule has 3 heterocycles. The summed E-state index contributed by atoms with van der Waals surface area (Å²) in [5.41, 5.74) is 1.06. The molecule has 3 aromatic rings. The molecule has 1 aliphatic rings. The molecule has 136 valence electrons. The molecule has 0 radical (unpaired) electrons. The average molecular weight is 355 g/mol. The van der Waals surface area contributed by atoms with Gasteiger partial charge >= 0.3 is 0 Å². The topological polar surface area (TPSA) is 59.1 Å². The van der Waals surface area contributed by atoms with Gasteiger partial charge in [-0.15, -0.1) is 0 Å². The molecular weight excluding hydrogens is 333 g/mol. The first-order valence-electron chi connectivity index (χ1n) is 8.80. The SMILES string of the molecule is OC1(Cn2ccnc2)CCN(Cc2cc(F)ccc2-n2cccn2)CC1. The zero-order chi connectivity index (χ0) is 18.0. The molecule has 26 heavy (non-hydrogen) atoms. The van der Waals surface area contributed by atoms with Crippen LogP contribution in [0.5, 0.6) is 0 Å². The number of hydrogen-bond acceptors (Lipinski definition) is 4. The van der Waals surface area contributed by atoms with Crippen molar-refractivity contribution < 1.29 is 9.50 Å². The van der Waals surface area contributed by atoms with Gasteiger partial charge in [-0.25, -0.2) is 14.1 Å². The van der Waals surface area contributed by atoms with Crippen molar-refractivity contribution in [1.29, 1.82) is 0 Å². The van der Waals surface area contributed by atoms with E-state index in [-0.39, 0.29) is 5.82 Å². The Hall–Kier alpha value is -2.51. The normalized spacial score (nSPS) is 17.5. The highest BCUT2D eigenvalue weighted by molar-refractivity contribution is 5.40. The molecule has 0 spiro atoms. The lowest BCUT2D eigenvalue weighted by molar-refractivity contribution is -0.0357. The van der Waals surface area contributed by atoms with Crippen molar-refractivity contribution in [2.24, 2.45) is 0 Å². The smallest absolute Gasteiger partial charge is 0.123 e. The number of imidazole rings is 1. The molecule has 1 saturated heterocycles. The van der Waals surface area contributed by atoms with E-state index in [9.17, 15) is 9.50 Å². The van der Waals surface area contributed by atoms with Crippen LogP contribution in [0.3, 0.4) is 0 Å². The third-order valence-electron chi connectivity index (χ3n) is 5.01. The van der Waals surface area contributed by atoms with Crippen molar-refractivity contribution >= 4 is 0 Å². The van der Waals surface area contributed by atoms with Crippen LogP contribution in [0.25, 0.3) is 5.69 Å². The van der Waals surface area contributed by atoms with Crippen molar-refractivity contribution in [3.8, 4) is 5.69 Å². The minimum absolute atomic E-state index is 0.246. The fourth-order valence-corrected chi connectivity index (χ4v) is 3.56. The van der Waals surface area contributed by atoms with Crippen LogP contribution >= 0.6 is 0 Å². The van der Waals surface area contributed by atoms with E-state index in [1.807, 2.05) is 23.0 Å². The summed E-state index contributed by atoms with van der Waals surface area (Å²) in [6, 6.07) is 6.64. The van der Waals surface area contributed by atoms with Gasteiger partial charge in [-0.3, -0.25) is 4.90 Å². The maximum Gasteiger partial charge on any atom is 0.123 e. The number of benzene rings is 1. The van der Waals surface area contributed by atoms with Crippen molar-refractivity contribution in [3.63, 3.8) is 0 Å². The quantitative estimate of drug-likeness (QED) is 0.763. The molecule has 0 aliphatic carbocycles. The predicted molar refractivity (Wildman–Crippen MR) is 95.2 cm³/mol. The molecule has 4 rings (SSSR count). The van der Waals surface area contributed by atoms with Gasteiger partial charge in [0.05, 0.1) is 24.2 Å². The molecule has 0 unspecified atom stereocenters. The Kier molecular flexibility index (Phi) is 4.57. The fraction of sp³-hybridized carbons (Fsp3) is 0.368. The van der Waals surface area contributed by atoms with Crippen LogP contribution < -0.4 is 0 Å². The molecule has 1 aliphatic heterocycles. The van der Waals surface area contributed by atoms with E-state index >= 15 is 0 Å². The Morgan fingerprint density at radius 3 is 2.69 bits per heavy atom. The van der Waals surface area contributed by atoms with E-state index in [0.717, 1.165) is 24.3 Å². The maximum absolute atomic E-state index is 13.8. The first kappa shape index (κ1) is 16.9. The van der Waals surface area contributed by atoms with Gasteiger partial charge in [0, 0.05) is 44.4 Å². The van der Waals surface area contributed by atoms with Crippen molar-refractivity contribution in [1.82, 2.24) is 24.2 Å². The number of piperidine rings is 1. The van der Waals surface area contributed by atoms with E-state index in [2.05, 4.69) is 15.0 Å². The van der Waals surface area contributed by atoms with E-state index < -0.39 is 5.60 Å². The lowest BCUT2D eigenvalue weighted by atomic mass is 9.91. The third kappa shape index (κ3) is 3.68. The summed E-state index contributed by atoms with van der Waals surface area (Å²) in [6.45, 7) is 2.72. The second kappa shape index (κ2) is 7.01. The number of aliphatic hydroxyl groups is 1. The van der Waals surface area contributed by atoms with Crippen molar-refractivity contribution in [3.05, 3.63) is 66.8 Å². The Morgan fingerprint density at radius 2 is 2.00 bits per heavy atom. The zero-order valence-corrected chi connectivity index (χ0v) is 14.5. The highest BCUT2D eigenvalue weighted by Gasteiger charge is 2.32. The van der Waals surface area contributed by atoms with Gasteiger partial charge in [-0.1, -0.05) is 0 Å². The molecule has 0 saturated carbocycles. The molecule has 0 bridgehead atoms. The average Bonchev–Trinajstić information content (AvgIpc) is 3.31. The van der Waals surface area contributed by atoms with Crippen LogP contribution in [0.1, 0.15) is 18.4 Å². The van der Waals surface area contributed by atoms with E-state index in [1.165, 1.54) is 6.07 Å². The fourth-order valence-electron chi connectivity index (χ4n) is 3.56. The predicted octanol–water partition coefficient (Wildman–Crippen LogP) is 2.23. The summed E-state index contributed by atoms with van der Waals surface area (Å²) >= 11 is 0. The van der Waals surface area contributed by atoms with Crippen LogP contribution in [0, 0.1) is 5.82 Å². The van der Waals surface area contributed by atoms with Crippen LogP contribution in [-0.2, 0) is 13.1 Å². The van der Waals surface area contributed by atoms with Gasteiger partial charge in [0.15, 0.2) is 0 Å². The largest absolute Gasteiger partial charge is 0.388 e. The van der Waals surface area contributed by atoms with Crippen molar-refractivity contribution in [2.45, 2.75) is 31.5 Å². The molecule has 1 aromatic carbocycles. The monoisotopic (exact) mass is 355 g/mol. The summed E-state index contributed by atoms with van der Waals surface area (Å²) in [5, 5.41) is 15.1. The van der Waals surface area contributed by atoms with Gasteiger partial charge in [-0.05, 0) is 42.7 Å². The molecule has 0 amide bonds. The van der Waals surface area contributed by atoms with Crippen LogP contribution in [0.15, 0.2) is 55.4 Å². The number of likely N-dealkylation sites (tertiary alicyclic amines) is 1. The second-order valence-corrected chi connectivity index (χ2v) is 6.96. The third-order valence-corrected chi connectivity index (χ3v) is 5.01. The molecular formula is C19H22FN5O. The summed E-state index contributed by atoms with van der Waals surface area (Å²) in [4.78, 5) is 6.28. The first-order chi connectivity index (χ1) is 12.6. The molecule has 7 heteroatoms. The van der Waals surface area contributed by atoms with Gasteiger partial charge in [0.2, 0.25) is 0 Å². The first-order valence-corrected chi connectivity index (χ1v) is 8.80. The number of aromatic nitrogens is 4. The molecule has 0 atom stereocenters. The van der Waals surface area contributed by atoms with Crippen LogP contribution in [0.2, 0.25) is 0 Å². The Morgan fingerprint density at radius 1 is 1.15 bits per heavy atom.